The first-order valence-electron chi connectivity index (χ1n) is 5.08. The molecule has 2 heterocycles. The molecular formula is C9H14N2O3S3. The molecule has 0 saturated carbocycles. The number of methoxy groups -OCH3 is 1. The van der Waals surface area contributed by atoms with E-state index in [1.165, 1.54) is 11.3 Å². The monoisotopic (exact) mass is 294 g/mol. The van der Waals surface area contributed by atoms with Gasteiger partial charge in [-0.25, -0.2) is 17.9 Å². The second-order valence-electron chi connectivity index (χ2n) is 3.69. The number of hydrogen-bond acceptors (Lipinski definition) is 6. The van der Waals surface area contributed by atoms with Gasteiger partial charge in [0, 0.05) is 20.2 Å². The van der Waals surface area contributed by atoms with E-state index < -0.39 is 10.0 Å². The van der Waals surface area contributed by atoms with Gasteiger partial charge in [0.1, 0.15) is 4.21 Å². The van der Waals surface area contributed by atoms with E-state index in [0.29, 0.717) is 6.61 Å². The van der Waals surface area contributed by atoms with Gasteiger partial charge in [-0.2, -0.15) is 0 Å². The average Bonchev–Trinajstić information content (AvgIpc) is 2.68. The van der Waals surface area contributed by atoms with Crippen LogP contribution in [0.5, 0.6) is 0 Å². The van der Waals surface area contributed by atoms with Crippen molar-refractivity contribution in [3.63, 3.8) is 0 Å². The summed E-state index contributed by atoms with van der Waals surface area (Å²) in [4.78, 5) is 0. The van der Waals surface area contributed by atoms with Crippen LogP contribution in [-0.2, 0) is 21.2 Å². The molecule has 1 aromatic rings. The molecule has 0 fully saturated rings. The molecule has 0 aromatic carbocycles. The molecule has 5 nitrogen and oxygen atoms in total. The summed E-state index contributed by atoms with van der Waals surface area (Å²) in [7, 11) is -1.90. The minimum absolute atomic E-state index is 0.253. The van der Waals surface area contributed by atoms with Crippen LogP contribution < -0.4 is 5.14 Å². The number of sulfonamides is 1. The van der Waals surface area contributed by atoms with E-state index >= 15 is 0 Å². The third-order valence-corrected chi connectivity index (χ3v) is 6.33. The van der Waals surface area contributed by atoms with Crippen molar-refractivity contribution < 1.29 is 13.2 Å². The second kappa shape index (κ2) is 5.25. The normalized spacial score (nSPS) is 17.1. The molecule has 0 bridgehead atoms. The third-order valence-electron chi connectivity index (χ3n) is 2.42. The number of ether oxygens (including phenoxy) is 1. The van der Waals surface area contributed by atoms with Gasteiger partial charge < -0.3 is 4.74 Å². The SMILES string of the molecule is COCCN1CCc2cc(S(N)(=O)=O)sc2S1. The van der Waals surface area contributed by atoms with Crippen LogP contribution in [0.4, 0.5) is 0 Å². The molecule has 1 aromatic heterocycles. The maximum Gasteiger partial charge on any atom is 0.247 e. The van der Waals surface area contributed by atoms with E-state index in [-0.39, 0.29) is 4.21 Å². The van der Waals surface area contributed by atoms with Gasteiger partial charge in [0.15, 0.2) is 0 Å². The minimum Gasteiger partial charge on any atom is -0.383 e. The summed E-state index contributed by atoms with van der Waals surface area (Å²) in [6, 6.07) is 1.69. The summed E-state index contributed by atoms with van der Waals surface area (Å²) in [6.07, 6.45) is 0.859. The van der Waals surface area contributed by atoms with Crippen LogP contribution in [0.25, 0.3) is 0 Å². The molecule has 8 heteroatoms. The quantitative estimate of drug-likeness (QED) is 0.836. The number of nitrogens with zero attached hydrogens (tertiary/aromatic N) is 1. The van der Waals surface area contributed by atoms with Crippen LogP contribution in [0.2, 0.25) is 0 Å². The van der Waals surface area contributed by atoms with Gasteiger partial charge in [-0.3, -0.25) is 0 Å². The molecule has 0 saturated heterocycles. The Labute approximate surface area is 109 Å². The molecule has 0 amide bonds. The molecule has 17 heavy (non-hydrogen) atoms. The zero-order valence-electron chi connectivity index (χ0n) is 9.38. The van der Waals surface area contributed by atoms with Crippen molar-refractivity contribution in [2.75, 3.05) is 26.8 Å². The summed E-state index contributed by atoms with van der Waals surface area (Å²) in [5.41, 5.74) is 1.08. The molecule has 2 rings (SSSR count). The number of hydrogen-bond donors (Lipinski definition) is 1. The molecule has 96 valence electrons. The Balaban J connectivity index is 2.13. The lowest BCUT2D eigenvalue weighted by molar-refractivity contribution is 0.182. The van der Waals surface area contributed by atoms with E-state index in [2.05, 4.69) is 4.31 Å². The van der Waals surface area contributed by atoms with Crippen LogP contribution in [0.3, 0.4) is 0 Å². The summed E-state index contributed by atoms with van der Waals surface area (Å²) in [5.74, 6) is 0. The zero-order chi connectivity index (χ0) is 12.5. The Morgan fingerprint density at radius 1 is 1.59 bits per heavy atom. The molecule has 1 aliphatic rings. The lowest BCUT2D eigenvalue weighted by Gasteiger charge is -2.24. The van der Waals surface area contributed by atoms with E-state index in [1.54, 1.807) is 25.1 Å². The highest BCUT2D eigenvalue weighted by Crippen LogP contribution is 2.39. The van der Waals surface area contributed by atoms with E-state index in [1.807, 2.05) is 0 Å². The maximum absolute atomic E-state index is 11.2. The lowest BCUT2D eigenvalue weighted by atomic mass is 10.2. The van der Waals surface area contributed by atoms with Crippen molar-refractivity contribution in [2.45, 2.75) is 14.8 Å². The first-order chi connectivity index (χ1) is 8.00. The fourth-order valence-electron chi connectivity index (χ4n) is 1.54. The van der Waals surface area contributed by atoms with Crippen molar-refractivity contribution in [3.8, 4) is 0 Å². The zero-order valence-corrected chi connectivity index (χ0v) is 11.8. The number of thiophene rings is 1. The smallest absolute Gasteiger partial charge is 0.247 e. The van der Waals surface area contributed by atoms with E-state index in [0.717, 1.165) is 29.3 Å². The van der Waals surface area contributed by atoms with Gasteiger partial charge in [-0.1, -0.05) is 0 Å². The number of nitrogens with two attached hydrogens (primary N) is 1. The highest BCUT2D eigenvalue weighted by atomic mass is 32.3. The Bertz CT molecular complexity index is 498. The van der Waals surface area contributed by atoms with Gasteiger partial charge >= 0.3 is 0 Å². The minimum atomic E-state index is -3.57. The van der Waals surface area contributed by atoms with Crippen molar-refractivity contribution in [1.29, 1.82) is 0 Å². The average molecular weight is 294 g/mol. The Morgan fingerprint density at radius 3 is 3.00 bits per heavy atom. The second-order valence-corrected chi connectivity index (χ2v) is 7.89. The van der Waals surface area contributed by atoms with Gasteiger partial charge in [0.25, 0.3) is 0 Å². The van der Waals surface area contributed by atoms with Crippen molar-refractivity contribution >= 4 is 33.3 Å². The van der Waals surface area contributed by atoms with Crippen LogP contribution in [-0.4, -0.2) is 39.5 Å². The van der Waals surface area contributed by atoms with Crippen molar-refractivity contribution in [1.82, 2.24) is 4.31 Å². The lowest BCUT2D eigenvalue weighted by Crippen LogP contribution is -2.25. The molecule has 2 N–H and O–H groups in total. The summed E-state index contributed by atoms with van der Waals surface area (Å²) >= 11 is 2.83. The molecule has 0 spiro atoms. The third kappa shape index (κ3) is 3.21. The Kier molecular flexibility index (Phi) is 4.11. The van der Waals surface area contributed by atoms with Gasteiger partial charge in [-0.05, 0) is 30.0 Å². The fourth-order valence-corrected chi connectivity index (χ4v) is 4.99. The van der Waals surface area contributed by atoms with Crippen LogP contribution in [0.15, 0.2) is 14.5 Å². The number of fused-ring (bicyclic) bond motifs is 1. The maximum atomic E-state index is 11.2. The molecular weight excluding hydrogens is 280 g/mol. The first-order valence-corrected chi connectivity index (χ1v) is 8.21. The predicted molar refractivity (Wildman–Crippen MR) is 68.7 cm³/mol. The van der Waals surface area contributed by atoms with E-state index in [9.17, 15) is 8.42 Å². The van der Waals surface area contributed by atoms with Gasteiger partial charge in [-0.15, -0.1) is 11.3 Å². The molecule has 0 radical (unpaired) electrons. The van der Waals surface area contributed by atoms with Crippen molar-refractivity contribution in [2.24, 2.45) is 5.14 Å². The summed E-state index contributed by atoms with van der Waals surface area (Å²) in [5, 5.41) is 5.12. The van der Waals surface area contributed by atoms with E-state index in [4.69, 9.17) is 9.88 Å². The van der Waals surface area contributed by atoms with Crippen LogP contribution in [0, 0.1) is 0 Å². The topological polar surface area (TPSA) is 72.6 Å². The van der Waals surface area contributed by atoms with Gasteiger partial charge in [0.05, 0.1) is 10.8 Å². The molecule has 0 unspecified atom stereocenters. The molecule has 0 atom stereocenters. The summed E-state index contributed by atoms with van der Waals surface area (Å²) in [6.45, 7) is 2.42. The van der Waals surface area contributed by atoms with Crippen molar-refractivity contribution in [3.05, 3.63) is 11.6 Å². The van der Waals surface area contributed by atoms with Crippen LogP contribution in [0.1, 0.15) is 5.56 Å². The molecule has 1 aliphatic heterocycles. The van der Waals surface area contributed by atoms with Gasteiger partial charge in [0.2, 0.25) is 10.0 Å². The summed E-state index contributed by atoms with van der Waals surface area (Å²) < 4.78 is 31.0. The Hall–Kier alpha value is -0.120. The number of rotatable bonds is 4. The van der Waals surface area contributed by atoms with Crippen LogP contribution >= 0.6 is 23.3 Å². The number of primary sulfonamides is 1. The largest absolute Gasteiger partial charge is 0.383 e. The highest BCUT2D eigenvalue weighted by molar-refractivity contribution is 7.99. The Morgan fingerprint density at radius 2 is 2.35 bits per heavy atom. The fraction of sp³-hybridized carbons (Fsp3) is 0.556. The molecule has 0 aliphatic carbocycles. The standard InChI is InChI=1S/C9H14N2O3S3/c1-14-5-4-11-3-2-7-6-8(17(10,12)13)15-9(7)16-11/h6H,2-5H2,1H3,(H2,10,12,13). The highest BCUT2D eigenvalue weighted by Gasteiger charge is 2.23. The predicted octanol–water partition coefficient (Wildman–Crippen LogP) is 0.907. The first kappa shape index (κ1) is 13.3.